The highest BCUT2D eigenvalue weighted by molar-refractivity contribution is 7.10. The van der Waals surface area contributed by atoms with Crippen LogP contribution in [0.4, 0.5) is 0 Å². The van der Waals surface area contributed by atoms with Gasteiger partial charge in [0.1, 0.15) is 0 Å². The lowest BCUT2D eigenvalue weighted by Gasteiger charge is -2.23. The van der Waals surface area contributed by atoms with Crippen LogP contribution in [0.25, 0.3) is 0 Å². The molecule has 3 atom stereocenters. The van der Waals surface area contributed by atoms with Crippen LogP contribution in [0.15, 0.2) is 17.5 Å². The summed E-state index contributed by atoms with van der Waals surface area (Å²) in [6.07, 6.45) is 0.588. The number of hydrogen-bond acceptors (Lipinski definition) is 4. The van der Waals surface area contributed by atoms with E-state index in [0.717, 1.165) is 4.90 Å². The quantitative estimate of drug-likeness (QED) is 0.809. The van der Waals surface area contributed by atoms with Crippen LogP contribution >= 0.6 is 11.3 Å². The molecule has 0 aromatic carbocycles. The van der Waals surface area contributed by atoms with Gasteiger partial charge in [0.2, 0.25) is 11.8 Å². The normalized spacial score (nSPS) is 28.1. The van der Waals surface area contributed by atoms with Crippen LogP contribution in [0.2, 0.25) is 0 Å². The van der Waals surface area contributed by atoms with E-state index in [1.807, 2.05) is 0 Å². The summed E-state index contributed by atoms with van der Waals surface area (Å²) < 4.78 is 0. The molecule has 17 heavy (non-hydrogen) atoms. The lowest BCUT2D eigenvalue weighted by atomic mass is 10.2. The summed E-state index contributed by atoms with van der Waals surface area (Å²) in [5.41, 5.74) is 0. The number of carbonyl (C=O) groups excluding carboxylic acids is 2. The van der Waals surface area contributed by atoms with Crippen LogP contribution < -0.4 is 0 Å². The predicted octanol–water partition coefficient (Wildman–Crippen LogP) is 0.879. The number of aliphatic carboxylic acids is 1. The molecule has 1 aromatic rings. The third-order valence-electron chi connectivity index (χ3n) is 3.20. The van der Waals surface area contributed by atoms with E-state index in [-0.39, 0.29) is 23.7 Å². The first-order valence-corrected chi connectivity index (χ1v) is 6.12. The molecule has 0 bridgehead atoms. The van der Waals surface area contributed by atoms with E-state index in [9.17, 15) is 19.5 Å². The van der Waals surface area contributed by atoms with Crippen molar-refractivity contribution in [2.75, 3.05) is 0 Å². The predicted molar refractivity (Wildman–Crippen MR) is 58.1 cm³/mol. The molecule has 88 valence electrons. The van der Waals surface area contributed by atoms with Gasteiger partial charge >= 0.3 is 5.97 Å². The lowest BCUT2D eigenvalue weighted by molar-refractivity contribution is -0.156. The van der Waals surface area contributed by atoms with Gasteiger partial charge in [-0.2, -0.15) is 0 Å². The van der Waals surface area contributed by atoms with Gasteiger partial charge in [-0.15, -0.1) is 11.3 Å². The zero-order chi connectivity index (χ0) is 12.2. The molecule has 1 aliphatic heterocycles. The molecule has 3 unspecified atom stereocenters. The molecule has 0 spiro atoms. The molecule has 1 aromatic heterocycles. The minimum atomic E-state index is -1.16. The maximum Gasteiger partial charge on any atom is 0.332 e. The number of nitrogens with zero attached hydrogens (tertiary/aromatic N) is 1. The number of carboxylic acid groups (broad SMARTS) is 1. The first kappa shape index (κ1) is 10.5. The van der Waals surface area contributed by atoms with Gasteiger partial charge in [0.05, 0.1) is 11.8 Å². The zero-order valence-corrected chi connectivity index (χ0v) is 9.52. The Labute approximate surface area is 101 Å². The second-order valence-electron chi connectivity index (χ2n) is 4.25. The van der Waals surface area contributed by atoms with Gasteiger partial charge in [-0.05, 0) is 17.9 Å². The highest BCUT2D eigenvalue weighted by Crippen LogP contribution is 2.49. The van der Waals surface area contributed by atoms with E-state index < -0.39 is 12.0 Å². The SMILES string of the molecule is O=C(O)C(c1cccs1)N1C(=O)C2CC2C1=O. The second kappa shape index (κ2) is 3.40. The third-order valence-corrected chi connectivity index (χ3v) is 4.13. The Bertz CT molecular complexity index is 490. The topological polar surface area (TPSA) is 74.7 Å². The van der Waals surface area contributed by atoms with Crippen molar-refractivity contribution in [2.24, 2.45) is 11.8 Å². The summed E-state index contributed by atoms with van der Waals surface area (Å²) in [6, 6.07) is 2.19. The molecule has 2 amide bonds. The fraction of sp³-hybridized carbons (Fsp3) is 0.364. The van der Waals surface area contributed by atoms with Crippen molar-refractivity contribution in [2.45, 2.75) is 12.5 Å². The first-order chi connectivity index (χ1) is 8.11. The van der Waals surface area contributed by atoms with Crippen molar-refractivity contribution in [1.29, 1.82) is 0 Å². The van der Waals surface area contributed by atoms with E-state index in [1.54, 1.807) is 17.5 Å². The molecule has 2 fully saturated rings. The van der Waals surface area contributed by atoms with Crippen molar-refractivity contribution in [3.05, 3.63) is 22.4 Å². The Morgan fingerprint density at radius 3 is 2.53 bits per heavy atom. The Hall–Kier alpha value is -1.69. The smallest absolute Gasteiger partial charge is 0.332 e. The highest BCUT2D eigenvalue weighted by atomic mass is 32.1. The number of hydrogen-bond donors (Lipinski definition) is 1. The zero-order valence-electron chi connectivity index (χ0n) is 8.70. The Morgan fingerprint density at radius 1 is 1.41 bits per heavy atom. The molecule has 0 radical (unpaired) electrons. The van der Waals surface area contributed by atoms with Crippen LogP contribution in [0.3, 0.4) is 0 Å². The number of carboxylic acids is 1. The average Bonchev–Trinajstić information content (AvgIpc) is 2.84. The lowest BCUT2D eigenvalue weighted by Crippen LogP contribution is -2.40. The second-order valence-corrected chi connectivity index (χ2v) is 5.23. The number of amides is 2. The summed E-state index contributed by atoms with van der Waals surface area (Å²) in [5.74, 6) is -2.34. The molecule has 1 N–H and O–H groups in total. The maximum absolute atomic E-state index is 11.8. The molecule has 1 saturated carbocycles. The summed E-state index contributed by atoms with van der Waals surface area (Å²) in [7, 11) is 0. The fourth-order valence-electron chi connectivity index (χ4n) is 2.27. The summed E-state index contributed by atoms with van der Waals surface area (Å²) >= 11 is 1.24. The minimum Gasteiger partial charge on any atom is -0.479 e. The Kier molecular flexibility index (Phi) is 2.09. The Balaban J connectivity index is 1.98. The highest BCUT2D eigenvalue weighted by Gasteiger charge is 2.61. The molecule has 1 aliphatic carbocycles. The van der Waals surface area contributed by atoms with Gasteiger partial charge < -0.3 is 5.11 Å². The molecular formula is C11H9NO4S. The largest absolute Gasteiger partial charge is 0.479 e. The molecule has 1 saturated heterocycles. The molecule has 6 heteroatoms. The number of fused-ring (bicyclic) bond motifs is 1. The van der Waals surface area contributed by atoms with Gasteiger partial charge in [-0.1, -0.05) is 6.07 Å². The van der Waals surface area contributed by atoms with E-state index in [2.05, 4.69) is 0 Å². The van der Waals surface area contributed by atoms with Crippen LogP contribution in [-0.4, -0.2) is 27.8 Å². The van der Waals surface area contributed by atoms with Crippen LogP contribution in [0, 0.1) is 11.8 Å². The van der Waals surface area contributed by atoms with Crippen molar-refractivity contribution < 1.29 is 19.5 Å². The maximum atomic E-state index is 11.8. The van der Waals surface area contributed by atoms with Crippen LogP contribution in [-0.2, 0) is 14.4 Å². The van der Waals surface area contributed by atoms with Gasteiger partial charge in [0.25, 0.3) is 0 Å². The van der Waals surface area contributed by atoms with Gasteiger partial charge in [0, 0.05) is 4.88 Å². The van der Waals surface area contributed by atoms with Crippen molar-refractivity contribution in [3.63, 3.8) is 0 Å². The standard InChI is InChI=1S/C11H9NO4S/c13-9-5-4-6(5)10(14)12(9)8(11(15)16)7-2-1-3-17-7/h1-3,5-6,8H,4H2,(H,15,16). The first-order valence-electron chi connectivity index (χ1n) is 5.24. The minimum absolute atomic E-state index is 0.260. The van der Waals surface area contributed by atoms with Gasteiger partial charge in [0.15, 0.2) is 6.04 Å². The van der Waals surface area contributed by atoms with E-state index in [0.29, 0.717) is 11.3 Å². The number of carbonyl (C=O) groups is 3. The number of likely N-dealkylation sites (tertiary alicyclic amines) is 1. The number of thiophene rings is 1. The fourth-order valence-corrected chi connectivity index (χ4v) is 3.07. The molecule has 3 rings (SSSR count). The summed E-state index contributed by atoms with van der Waals surface area (Å²) in [5, 5.41) is 10.9. The van der Waals surface area contributed by atoms with E-state index in [4.69, 9.17) is 0 Å². The van der Waals surface area contributed by atoms with E-state index in [1.165, 1.54) is 11.3 Å². The molecule has 2 heterocycles. The van der Waals surface area contributed by atoms with Gasteiger partial charge in [-0.3, -0.25) is 14.5 Å². The summed E-state index contributed by atoms with van der Waals surface area (Å²) in [6.45, 7) is 0. The van der Waals surface area contributed by atoms with Crippen LogP contribution in [0.1, 0.15) is 17.3 Å². The molecule has 2 aliphatic rings. The van der Waals surface area contributed by atoms with Crippen molar-refractivity contribution in [1.82, 2.24) is 4.90 Å². The molecule has 5 nitrogen and oxygen atoms in total. The number of imide groups is 1. The molecular weight excluding hydrogens is 242 g/mol. The van der Waals surface area contributed by atoms with Crippen molar-refractivity contribution >= 4 is 29.1 Å². The Morgan fingerprint density at radius 2 is 2.06 bits per heavy atom. The summed E-state index contributed by atoms with van der Waals surface area (Å²) in [4.78, 5) is 36.4. The number of piperidine rings is 1. The monoisotopic (exact) mass is 251 g/mol. The average molecular weight is 251 g/mol. The van der Waals surface area contributed by atoms with Gasteiger partial charge in [-0.25, -0.2) is 4.79 Å². The van der Waals surface area contributed by atoms with E-state index >= 15 is 0 Å². The number of rotatable bonds is 3. The van der Waals surface area contributed by atoms with Crippen LogP contribution in [0.5, 0.6) is 0 Å². The van der Waals surface area contributed by atoms with Crippen molar-refractivity contribution in [3.8, 4) is 0 Å². The third kappa shape index (κ3) is 1.40.